The lowest BCUT2D eigenvalue weighted by Crippen LogP contribution is -2.47. The number of amides is 2. The van der Waals surface area contributed by atoms with Gasteiger partial charge in [-0.05, 0) is 52.2 Å². The maximum atomic E-state index is 13.2. The van der Waals surface area contributed by atoms with Crippen LogP contribution < -0.4 is 5.32 Å². The Morgan fingerprint density at radius 3 is 2.86 bits per heavy atom. The third-order valence-corrected chi connectivity index (χ3v) is 7.07. The van der Waals surface area contributed by atoms with E-state index in [1.54, 1.807) is 12.3 Å². The number of nitrogens with zero attached hydrogens (tertiary/aromatic N) is 3. The quantitative estimate of drug-likeness (QED) is 0.450. The highest BCUT2D eigenvalue weighted by Crippen LogP contribution is 2.33. The van der Waals surface area contributed by atoms with Crippen molar-refractivity contribution in [1.82, 2.24) is 15.2 Å². The van der Waals surface area contributed by atoms with Gasteiger partial charge in [0.15, 0.2) is 6.10 Å². The monoisotopic (exact) mass is 570 g/mol. The number of likely N-dealkylation sites (tertiary alicyclic amines) is 1. The zero-order chi connectivity index (χ0) is 25.1. The Hall–Kier alpha value is -3.17. The molecule has 3 atom stereocenters. The Morgan fingerprint density at radius 1 is 1.19 bits per heavy atom. The average Bonchev–Trinajstić information content (AvgIpc) is 3.52. The van der Waals surface area contributed by atoms with Gasteiger partial charge in [0.1, 0.15) is 17.3 Å². The molecular formula is C26H24BrClN4O4. The van der Waals surface area contributed by atoms with E-state index in [4.69, 9.17) is 21.2 Å². The fraction of sp³-hybridized carbons (Fsp3) is 0.308. The predicted octanol–water partition coefficient (Wildman–Crippen LogP) is 5.00. The summed E-state index contributed by atoms with van der Waals surface area (Å²) >= 11 is 9.49. The van der Waals surface area contributed by atoms with Gasteiger partial charge in [-0.3, -0.25) is 14.7 Å². The molecule has 0 aliphatic carbocycles. The van der Waals surface area contributed by atoms with E-state index in [1.165, 1.54) is 4.90 Å². The predicted molar refractivity (Wildman–Crippen MR) is 140 cm³/mol. The number of pyridine rings is 1. The maximum Gasteiger partial charge on any atom is 0.410 e. The summed E-state index contributed by atoms with van der Waals surface area (Å²) < 4.78 is 6.34. The summed E-state index contributed by atoms with van der Waals surface area (Å²) in [6.07, 6.45) is 1.96. The minimum absolute atomic E-state index is 0.0467. The van der Waals surface area contributed by atoms with Gasteiger partial charge in [0.05, 0.1) is 12.1 Å². The lowest BCUT2D eigenvalue weighted by atomic mass is 9.96. The molecule has 5 rings (SSSR count). The molecule has 2 unspecified atom stereocenters. The summed E-state index contributed by atoms with van der Waals surface area (Å²) in [6.45, 7) is 0.702. The summed E-state index contributed by atoms with van der Waals surface area (Å²) in [6, 6.07) is 16.5. The highest BCUT2D eigenvalue weighted by Gasteiger charge is 2.41. The van der Waals surface area contributed by atoms with Crippen LogP contribution in [-0.2, 0) is 21.0 Å². The molecular weight excluding hydrogens is 548 g/mol. The van der Waals surface area contributed by atoms with Gasteiger partial charge in [0, 0.05) is 41.1 Å². The average molecular weight is 572 g/mol. The molecule has 2 aliphatic rings. The number of para-hydroxylation sites is 1. The van der Waals surface area contributed by atoms with Crippen molar-refractivity contribution in [3.05, 3.63) is 76.9 Å². The summed E-state index contributed by atoms with van der Waals surface area (Å²) in [7, 11) is 0. The number of aromatic nitrogens is 1. The number of hydrogen-bond acceptors (Lipinski definition) is 6. The fourth-order valence-electron chi connectivity index (χ4n) is 4.55. The van der Waals surface area contributed by atoms with Crippen molar-refractivity contribution in [3.63, 3.8) is 0 Å². The number of halogens is 2. The van der Waals surface area contributed by atoms with Crippen molar-refractivity contribution in [2.24, 2.45) is 5.16 Å². The molecule has 1 saturated heterocycles. The van der Waals surface area contributed by atoms with E-state index in [9.17, 15) is 9.59 Å². The SMILES string of the molecule is O=C(NC[C@@H]1CC(Br)=NO1)C1CC(c2cccc(Cl)c2)CN1C(=O)OCc1cnc2ccccc2c1. The second-order valence-electron chi connectivity index (χ2n) is 8.89. The van der Waals surface area contributed by atoms with Crippen molar-refractivity contribution in [2.75, 3.05) is 13.1 Å². The molecule has 1 aromatic heterocycles. The normalized spacial score (nSPS) is 21.2. The Labute approximate surface area is 221 Å². The smallest absolute Gasteiger partial charge is 0.410 e. The second kappa shape index (κ2) is 10.8. The highest BCUT2D eigenvalue weighted by molar-refractivity contribution is 9.18. The van der Waals surface area contributed by atoms with E-state index >= 15 is 0 Å². The molecule has 0 bridgehead atoms. The van der Waals surface area contributed by atoms with Gasteiger partial charge in [-0.15, -0.1) is 0 Å². The van der Waals surface area contributed by atoms with Crippen molar-refractivity contribution in [1.29, 1.82) is 0 Å². The number of nitrogens with one attached hydrogen (secondary N) is 1. The molecule has 3 heterocycles. The lowest BCUT2D eigenvalue weighted by molar-refractivity contribution is -0.125. The summed E-state index contributed by atoms with van der Waals surface area (Å²) in [5.74, 6) is -0.301. The zero-order valence-corrected chi connectivity index (χ0v) is 21.6. The summed E-state index contributed by atoms with van der Waals surface area (Å²) in [5, 5.41) is 8.33. The van der Waals surface area contributed by atoms with Crippen LogP contribution in [0.5, 0.6) is 0 Å². The topological polar surface area (TPSA) is 93.1 Å². The fourth-order valence-corrected chi connectivity index (χ4v) is 5.19. The van der Waals surface area contributed by atoms with Crippen LogP contribution in [0.4, 0.5) is 4.79 Å². The maximum absolute atomic E-state index is 13.2. The molecule has 1 fully saturated rings. The van der Waals surface area contributed by atoms with E-state index in [1.807, 2.05) is 48.5 Å². The van der Waals surface area contributed by atoms with E-state index in [-0.39, 0.29) is 24.5 Å². The molecule has 0 radical (unpaired) electrons. The molecule has 3 aromatic rings. The minimum atomic E-state index is -0.679. The number of hydrogen-bond donors (Lipinski definition) is 1. The standard InChI is InChI=1S/C26H24BrClN4O4/c27-24-11-21(36-31-24)13-30-25(33)23-10-19(17-5-3-6-20(28)9-17)14-32(23)26(34)35-15-16-8-18-4-1-2-7-22(18)29-12-16/h1-9,12,19,21,23H,10-11,13-15H2,(H,30,33)/t19?,21-,23?/m0/s1. The molecule has 0 spiro atoms. The van der Waals surface area contributed by atoms with E-state index in [2.05, 4.69) is 31.4 Å². The van der Waals surface area contributed by atoms with Crippen molar-refractivity contribution < 1.29 is 19.2 Å². The van der Waals surface area contributed by atoms with Crippen LogP contribution in [0.25, 0.3) is 10.9 Å². The molecule has 36 heavy (non-hydrogen) atoms. The number of fused-ring (bicyclic) bond motifs is 1. The molecule has 2 amide bonds. The van der Waals surface area contributed by atoms with Crippen molar-refractivity contribution in [2.45, 2.75) is 37.5 Å². The molecule has 10 heteroatoms. The first-order chi connectivity index (χ1) is 17.5. The Balaban J connectivity index is 1.27. The first-order valence-corrected chi connectivity index (χ1v) is 12.8. The zero-order valence-electron chi connectivity index (χ0n) is 19.3. The summed E-state index contributed by atoms with van der Waals surface area (Å²) in [5.41, 5.74) is 2.63. The van der Waals surface area contributed by atoms with Crippen LogP contribution in [0, 0.1) is 0 Å². The van der Waals surface area contributed by atoms with Gasteiger partial charge in [-0.1, -0.05) is 47.1 Å². The highest BCUT2D eigenvalue weighted by atomic mass is 79.9. The van der Waals surface area contributed by atoms with E-state index in [0.717, 1.165) is 22.0 Å². The van der Waals surface area contributed by atoms with Gasteiger partial charge in [-0.25, -0.2) is 4.79 Å². The number of carbonyl (C=O) groups excluding carboxylic acids is 2. The third-order valence-electron chi connectivity index (χ3n) is 6.37. The van der Waals surface area contributed by atoms with Crippen LogP contribution in [-0.4, -0.2) is 51.7 Å². The molecule has 8 nitrogen and oxygen atoms in total. The second-order valence-corrected chi connectivity index (χ2v) is 10.2. The molecule has 2 aliphatic heterocycles. The Kier molecular flexibility index (Phi) is 7.38. The lowest BCUT2D eigenvalue weighted by Gasteiger charge is -2.23. The number of oxime groups is 1. The molecule has 1 N–H and O–H groups in total. The number of benzene rings is 2. The largest absolute Gasteiger partial charge is 0.444 e. The van der Waals surface area contributed by atoms with Crippen LogP contribution in [0.1, 0.15) is 29.9 Å². The van der Waals surface area contributed by atoms with Crippen LogP contribution >= 0.6 is 27.5 Å². The minimum Gasteiger partial charge on any atom is -0.444 e. The van der Waals surface area contributed by atoms with E-state index < -0.39 is 12.1 Å². The third kappa shape index (κ3) is 5.63. The van der Waals surface area contributed by atoms with Gasteiger partial charge >= 0.3 is 6.09 Å². The molecule has 186 valence electrons. The van der Waals surface area contributed by atoms with Crippen molar-refractivity contribution >= 4 is 55.1 Å². The Morgan fingerprint density at radius 2 is 2.06 bits per heavy atom. The molecule has 2 aromatic carbocycles. The first-order valence-electron chi connectivity index (χ1n) is 11.6. The van der Waals surface area contributed by atoms with Crippen molar-refractivity contribution in [3.8, 4) is 0 Å². The first kappa shape index (κ1) is 24.5. The van der Waals surface area contributed by atoms with Crippen LogP contribution in [0.2, 0.25) is 5.02 Å². The van der Waals surface area contributed by atoms with Crippen LogP contribution in [0.3, 0.4) is 0 Å². The van der Waals surface area contributed by atoms with Gasteiger partial charge in [-0.2, -0.15) is 0 Å². The number of carbonyl (C=O) groups is 2. The van der Waals surface area contributed by atoms with Gasteiger partial charge in [0.25, 0.3) is 0 Å². The number of ether oxygens (including phenoxy) is 1. The van der Waals surface area contributed by atoms with Crippen LogP contribution in [0.15, 0.2) is 65.9 Å². The van der Waals surface area contributed by atoms with Gasteiger partial charge < -0.3 is 14.9 Å². The summed E-state index contributed by atoms with van der Waals surface area (Å²) in [4.78, 5) is 37.5. The number of rotatable bonds is 6. The Bertz CT molecular complexity index is 1320. The van der Waals surface area contributed by atoms with E-state index in [0.29, 0.717) is 35.6 Å². The van der Waals surface area contributed by atoms with Gasteiger partial charge in [0.2, 0.25) is 5.91 Å². The molecule has 0 saturated carbocycles.